The predicted molar refractivity (Wildman–Crippen MR) is 71.6 cm³/mol. The van der Waals surface area contributed by atoms with Crippen LogP contribution in [0, 0.1) is 6.92 Å². The van der Waals surface area contributed by atoms with Crippen LogP contribution in [0.5, 0.6) is 0 Å². The first-order valence-electron chi connectivity index (χ1n) is 6.36. The molecule has 1 atom stereocenters. The highest BCUT2D eigenvalue weighted by atomic mass is 16.5. The zero-order valence-corrected chi connectivity index (χ0v) is 10.8. The van der Waals surface area contributed by atoms with Crippen molar-refractivity contribution in [2.75, 3.05) is 31.2 Å². The molecule has 1 aliphatic heterocycles. The number of nitrogens with zero attached hydrogens (tertiary/aromatic N) is 1. The maximum atomic E-state index is 5.70. The van der Waals surface area contributed by atoms with Gasteiger partial charge in [-0.15, -0.1) is 0 Å². The molecule has 1 saturated heterocycles. The molecule has 1 unspecified atom stereocenters. The van der Waals surface area contributed by atoms with Gasteiger partial charge >= 0.3 is 0 Å². The maximum Gasteiger partial charge on any atom is 0.0668 e. The van der Waals surface area contributed by atoms with Crippen molar-refractivity contribution < 1.29 is 4.74 Å². The zero-order valence-electron chi connectivity index (χ0n) is 10.8. The van der Waals surface area contributed by atoms with Gasteiger partial charge in [0.05, 0.1) is 13.2 Å². The number of nitrogens with two attached hydrogens (primary N) is 1. The van der Waals surface area contributed by atoms with Gasteiger partial charge in [0.15, 0.2) is 0 Å². The van der Waals surface area contributed by atoms with E-state index in [2.05, 4.69) is 36.9 Å². The van der Waals surface area contributed by atoms with E-state index in [1.165, 1.54) is 16.8 Å². The first-order valence-corrected chi connectivity index (χ1v) is 6.36. The highest BCUT2D eigenvalue weighted by molar-refractivity contribution is 5.56. The Bertz CT molecular complexity index is 378. The molecule has 1 heterocycles. The topological polar surface area (TPSA) is 38.5 Å². The summed E-state index contributed by atoms with van der Waals surface area (Å²) in [5.41, 5.74) is 9.70. The molecule has 0 spiro atoms. The van der Waals surface area contributed by atoms with Crippen molar-refractivity contribution in [1.82, 2.24) is 0 Å². The lowest BCUT2D eigenvalue weighted by atomic mass is 10.0. The molecule has 0 bridgehead atoms. The van der Waals surface area contributed by atoms with Crippen LogP contribution in [0.2, 0.25) is 0 Å². The van der Waals surface area contributed by atoms with E-state index in [1.807, 2.05) is 0 Å². The fourth-order valence-electron chi connectivity index (χ4n) is 2.44. The Balaban J connectivity index is 2.29. The smallest absolute Gasteiger partial charge is 0.0668 e. The molecule has 17 heavy (non-hydrogen) atoms. The Morgan fingerprint density at radius 3 is 3.00 bits per heavy atom. The summed E-state index contributed by atoms with van der Waals surface area (Å²) in [6, 6.07) is 7.10. The summed E-state index contributed by atoms with van der Waals surface area (Å²) in [5, 5.41) is 0. The van der Waals surface area contributed by atoms with Crippen molar-refractivity contribution in [1.29, 1.82) is 0 Å². The van der Waals surface area contributed by atoms with Gasteiger partial charge in [-0.05, 0) is 38.4 Å². The molecule has 0 radical (unpaired) electrons. The molecular formula is C14H22N2O. The molecule has 2 rings (SSSR count). The molecule has 0 aliphatic carbocycles. The summed E-state index contributed by atoms with van der Waals surface area (Å²) in [7, 11) is 0. The van der Waals surface area contributed by atoms with Crippen LogP contribution < -0.4 is 10.6 Å². The number of anilines is 1. The minimum absolute atomic E-state index is 0.447. The van der Waals surface area contributed by atoms with Gasteiger partial charge < -0.3 is 15.4 Å². The SMILES string of the molecule is Cc1ccc(N2CCOCC2C)c(CCN)c1. The Morgan fingerprint density at radius 2 is 2.29 bits per heavy atom. The molecule has 0 saturated carbocycles. The van der Waals surface area contributed by atoms with Crippen LogP contribution in [0.1, 0.15) is 18.1 Å². The van der Waals surface area contributed by atoms with Crippen LogP contribution in [-0.4, -0.2) is 32.3 Å². The van der Waals surface area contributed by atoms with Gasteiger partial charge in [-0.3, -0.25) is 0 Å². The summed E-state index contributed by atoms with van der Waals surface area (Å²) >= 11 is 0. The van der Waals surface area contributed by atoms with E-state index in [1.54, 1.807) is 0 Å². The molecular weight excluding hydrogens is 212 g/mol. The van der Waals surface area contributed by atoms with E-state index in [4.69, 9.17) is 10.5 Å². The highest BCUT2D eigenvalue weighted by Gasteiger charge is 2.20. The first-order chi connectivity index (χ1) is 8.22. The third-order valence-electron chi connectivity index (χ3n) is 3.33. The summed E-state index contributed by atoms with van der Waals surface area (Å²) < 4.78 is 5.49. The number of hydrogen-bond acceptors (Lipinski definition) is 3. The molecule has 3 heteroatoms. The van der Waals surface area contributed by atoms with E-state index in [9.17, 15) is 0 Å². The van der Waals surface area contributed by atoms with Gasteiger partial charge in [0.25, 0.3) is 0 Å². The minimum atomic E-state index is 0.447. The van der Waals surface area contributed by atoms with E-state index in [0.717, 1.165) is 26.2 Å². The number of ether oxygens (including phenoxy) is 1. The molecule has 0 amide bonds. The zero-order chi connectivity index (χ0) is 12.3. The van der Waals surface area contributed by atoms with E-state index < -0.39 is 0 Å². The second-order valence-electron chi connectivity index (χ2n) is 4.79. The normalized spacial score (nSPS) is 20.6. The largest absolute Gasteiger partial charge is 0.377 e. The summed E-state index contributed by atoms with van der Waals surface area (Å²) in [5.74, 6) is 0. The van der Waals surface area contributed by atoms with Crippen molar-refractivity contribution in [2.45, 2.75) is 26.3 Å². The summed E-state index contributed by atoms with van der Waals surface area (Å²) in [6.07, 6.45) is 0.946. The van der Waals surface area contributed by atoms with Gasteiger partial charge in [-0.25, -0.2) is 0 Å². The molecule has 0 aromatic heterocycles. The average Bonchev–Trinajstić information content (AvgIpc) is 2.31. The van der Waals surface area contributed by atoms with Crippen LogP contribution in [0.3, 0.4) is 0 Å². The van der Waals surface area contributed by atoms with Crippen LogP contribution >= 0.6 is 0 Å². The predicted octanol–water partition coefficient (Wildman–Crippen LogP) is 1.72. The Kier molecular flexibility index (Phi) is 4.02. The number of rotatable bonds is 3. The second kappa shape index (κ2) is 5.52. The quantitative estimate of drug-likeness (QED) is 0.865. The summed E-state index contributed by atoms with van der Waals surface area (Å²) in [4.78, 5) is 2.44. The van der Waals surface area contributed by atoms with Crippen LogP contribution in [0.25, 0.3) is 0 Å². The Morgan fingerprint density at radius 1 is 1.47 bits per heavy atom. The van der Waals surface area contributed by atoms with Crippen molar-refractivity contribution in [3.8, 4) is 0 Å². The van der Waals surface area contributed by atoms with Crippen molar-refractivity contribution >= 4 is 5.69 Å². The first kappa shape index (κ1) is 12.4. The third kappa shape index (κ3) is 2.79. The monoisotopic (exact) mass is 234 g/mol. The van der Waals surface area contributed by atoms with Gasteiger partial charge in [-0.1, -0.05) is 17.7 Å². The van der Waals surface area contributed by atoms with Crippen molar-refractivity contribution in [3.63, 3.8) is 0 Å². The minimum Gasteiger partial charge on any atom is -0.377 e. The number of morpholine rings is 1. The Labute approximate surface area is 104 Å². The standard InChI is InChI=1S/C14H22N2O/c1-11-3-4-14(13(9-11)5-6-15)16-7-8-17-10-12(16)2/h3-4,9,12H,5-8,10,15H2,1-2H3. The van der Waals surface area contributed by atoms with Gasteiger partial charge in [0.2, 0.25) is 0 Å². The lowest BCUT2D eigenvalue weighted by molar-refractivity contribution is 0.0988. The molecule has 1 aromatic carbocycles. The number of hydrogen-bond donors (Lipinski definition) is 1. The average molecular weight is 234 g/mol. The van der Waals surface area contributed by atoms with E-state index in [-0.39, 0.29) is 0 Å². The number of benzene rings is 1. The molecule has 94 valence electrons. The fourth-order valence-corrected chi connectivity index (χ4v) is 2.44. The van der Waals surface area contributed by atoms with Crippen molar-refractivity contribution in [2.24, 2.45) is 5.73 Å². The van der Waals surface area contributed by atoms with Gasteiger partial charge in [0.1, 0.15) is 0 Å². The fraction of sp³-hybridized carbons (Fsp3) is 0.571. The molecule has 1 aromatic rings. The maximum absolute atomic E-state index is 5.70. The van der Waals surface area contributed by atoms with Gasteiger partial charge in [0, 0.05) is 18.3 Å². The third-order valence-corrected chi connectivity index (χ3v) is 3.33. The number of aryl methyl sites for hydroxylation is 1. The molecule has 1 aliphatic rings. The highest BCUT2D eigenvalue weighted by Crippen LogP contribution is 2.25. The van der Waals surface area contributed by atoms with E-state index in [0.29, 0.717) is 12.6 Å². The van der Waals surface area contributed by atoms with Crippen LogP contribution in [0.15, 0.2) is 18.2 Å². The molecule has 2 N–H and O–H groups in total. The lowest BCUT2D eigenvalue weighted by Gasteiger charge is -2.36. The summed E-state index contributed by atoms with van der Waals surface area (Å²) in [6.45, 7) is 7.66. The van der Waals surface area contributed by atoms with Crippen LogP contribution in [-0.2, 0) is 11.2 Å². The lowest BCUT2D eigenvalue weighted by Crippen LogP contribution is -2.44. The second-order valence-corrected chi connectivity index (χ2v) is 4.79. The van der Waals surface area contributed by atoms with Crippen LogP contribution in [0.4, 0.5) is 5.69 Å². The van der Waals surface area contributed by atoms with E-state index >= 15 is 0 Å². The van der Waals surface area contributed by atoms with Gasteiger partial charge in [-0.2, -0.15) is 0 Å². The van der Waals surface area contributed by atoms with Crippen molar-refractivity contribution in [3.05, 3.63) is 29.3 Å². The Hall–Kier alpha value is -1.06. The molecule has 3 nitrogen and oxygen atoms in total. The molecule has 1 fully saturated rings.